The van der Waals surface area contributed by atoms with Gasteiger partial charge in [-0.3, -0.25) is 4.98 Å². The summed E-state index contributed by atoms with van der Waals surface area (Å²) in [6.07, 6.45) is 5.16. The van der Waals surface area contributed by atoms with E-state index in [2.05, 4.69) is 37.1 Å². The molecule has 9 heteroatoms. The van der Waals surface area contributed by atoms with E-state index in [1.807, 2.05) is 68.4 Å². The highest BCUT2D eigenvalue weighted by molar-refractivity contribution is 5.91. The number of nitrogens with one attached hydrogen (secondary N) is 1. The maximum absolute atomic E-state index is 13.4. The molecule has 1 aromatic heterocycles. The Balaban J connectivity index is 1.46. The highest BCUT2D eigenvalue weighted by atomic mass is 16.6. The fraction of sp³-hybridized carbons (Fsp3) is 0.308. The van der Waals surface area contributed by atoms with Gasteiger partial charge in [0.2, 0.25) is 0 Å². The molecule has 5 rings (SSSR count). The number of pyridine rings is 1. The topological polar surface area (TPSA) is 93.2 Å². The van der Waals surface area contributed by atoms with E-state index < -0.39 is 12.1 Å². The molecule has 1 N–H and O–H groups in total. The van der Waals surface area contributed by atoms with Crippen LogP contribution in [0.15, 0.2) is 85.2 Å². The summed E-state index contributed by atoms with van der Waals surface area (Å²) in [4.78, 5) is 34.4. The van der Waals surface area contributed by atoms with Gasteiger partial charge in [0.25, 0.3) is 0 Å². The molecule has 1 amide bonds. The third-order valence-corrected chi connectivity index (χ3v) is 8.22. The number of allylic oxidation sites excluding steroid dienone is 1. The van der Waals surface area contributed by atoms with Crippen LogP contribution in [-0.2, 0) is 17.9 Å². The van der Waals surface area contributed by atoms with E-state index in [1.54, 1.807) is 48.7 Å². The van der Waals surface area contributed by atoms with Gasteiger partial charge in [-0.25, -0.2) is 9.59 Å². The van der Waals surface area contributed by atoms with Gasteiger partial charge in [0.05, 0.1) is 24.8 Å². The first-order valence-electron chi connectivity index (χ1n) is 16.0. The number of hydrogen-bond donors (Lipinski definition) is 1. The van der Waals surface area contributed by atoms with Crippen molar-refractivity contribution in [1.29, 1.82) is 0 Å². The Morgan fingerprint density at radius 2 is 1.69 bits per heavy atom. The molecule has 48 heavy (non-hydrogen) atoms. The van der Waals surface area contributed by atoms with Crippen molar-refractivity contribution < 1.29 is 23.8 Å². The van der Waals surface area contributed by atoms with Gasteiger partial charge in [0.1, 0.15) is 18.1 Å². The Hall–Kier alpha value is -5.15. The van der Waals surface area contributed by atoms with Crippen molar-refractivity contribution in [2.24, 2.45) is 0 Å². The van der Waals surface area contributed by atoms with Crippen molar-refractivity contribution in [3.05, 3.63) is 113 Å². The number of likely N-dealkylation sites (N-methyl/N-ethyl adjacent to an activating group) is 1. The van der Waals surface area contributed by atoms with Crippen LogP contribution >= 0.6 is 0 Å². The number of carbonyl (C=O) groups is 2. The molecule has 0 fully saturated rings. The second kappa shape index (κ2) is 14.7. The van der Waals surface area contributed by atoms with Crippen LogP contribution in [0.25, 0.3) is 16.7 Å². The van der Waals surface area contributed by atoms with Crippen LogP contribution in [0.2, 0.25) is 0 Å². The Labute approximate surface area is 283 Å². The zero-order valence-electron chi connectivity index (χ0n) is 28.8. The van der Waals surface area contributed by atoms with Crippen molar-refractivity contribution in [2.75, 3.05) is 39.6 Å². The van der Waals surface area contributed by atoms with Crippen LogP contribution in [0.3, 0.4) is 0 Å². The maximum Gasteiger partial charge on any atom is 0.415 e. The molecule has 1 aliphatic heterocycles. The standard InChI is InChI=1S/C39H44N4O5/c1-26-10-12-29(13-11-26)37(44)47-25-33-31(16-17-34-36(33)27(2)22-39(3,4)41-34)32-15-14-30(21-35(32)46-7)48-38(45)43(20-19-42(5)6)24-28-9-8-18-40-23-28/h8-18,21-23,41H,19-20,24-25H2,1-7H3. The largest absolute Gasteiger partial charge is 0.496 e. The van der Waals surface area contributed by atoms with Crippen LogP contribution in [0, 0.1) is 6.92 Å². The van der Waals surface area contributed by atoms with Gasteiger partial charge in [0, 0.05) is 53.9 Å². The van der Waals surface area contributed by atoms with Crippen LogP contribution in [-0.4, -0.2) is 66.7 Å². The number of benzene rings is 3. The smallest absolute Gasteiger partial charge is 0.415 e. The van der Waals surface area contributed by atoms with Crippen molar-refractivity contribution in [3.8, 4) is 22.6 Å². The minimum atomic E-state index is -0.470. The SMILES string of the molecule is COc1cc(OC(=O)N(CCN(C)C)Cc2cccnc2)ccc1-c1ccc2c(c1COC(=O)c1ccc(C)cc1)C(C)=CC(C)(C)N2. The third kappa shape index (κ3) is 8.22. The molecule has 0 radical (unpaired) electrons. The minimum absolute atomic E-state index is 0.0492. The first kappa shape index (κ1) is 34.2. The zero-order chi connectivity index (χ0) is 34.4. The summed E-state index contributed by atoms with van der Waals surface area (Å²) in [5.74, 6) is 0.472. The van der Waals surface area contributed by atoms with E-state index in [0.717, 1.165) is 44.6 Å². The van der Waals surface area contributed by atoms with Crippen molar-refractivity contribution in [2.45, 2.75) is 46.4 Å². The van der Waals surface area contributed by atoms with E-state index in [-0.39, 0.29) is 12.1 Å². The quantitative estimate of drug-likeness (QED) is 0.166. The number of carbonyl (C=O) groups excluding carboxylic acids is 2. The number of methoxy groups -OCH3 is 1. The van der Waals surface area contributed by atoms with E-state index in [9.17, 15) is 9.59 Å². The third-order valence-electron chi connectivity index (χ3n) is 8.22. The monoisotopic (exact) mass is 648 g/mol. The van der Waals surface area contributed by atoms with Gasteiger partial charge < -0.3 is 29.3 Å². The fourth-order valence-electron chi connectivity index (χ4n) is 5.90. The number of rotatable bonds is 11. The summed E-state index contributed by atoms with van der Waals surface area (Å²) in [6.45, 7) is 9.85. The molecule has 0 saturated carbocycles. The Bertz CT molecular complexity index is 1800. The number of nitrogens with zero attached hydrogens (tertiary/aromatic N) is 3. The molecule has 9 nitrogen and oxygen atoms in total. The van der Waals surface area contributed by atoms with E-state index in [0.29, 0.717) is 36.7 Å². The molecule has 3 aromatic carbocycles. The van der Waals surface area contributed by atoms with Gasteiger partial charge in [-0.05, 0) is 94.9 Å². The zero-order valence-corrected chi connectivity index (χ0v) is 28.8. The van der Waals surface area contributed by atoms with Gasteiger partial charge in [0.15, 0.2) is 0 Å². The van der Waals surface area contributed by atoms with Gasteiger partial charge in [-0.1, -0.05) is 35.9 Å². The predicted octanol–water partition coefficient (Wildman–Crippen LogP) is 7.59. The average Bonchev–Trinajstić information content (AvgIpc) is 3.05. The molecule has 0 spiro atoms. The molecule has 0 atom stereocenters. The number of fused-ring (bicyclic) bond motifs is 1. The van der Waals surface area contributed by atoms with Gasteiger partial charge >= 0.3 is 12.1 Å². The summed E-state index contributed by atoms with van der Waals surface area (Å²) in [6, 6.07) is 20.5. The second-order valence-corrected chi connectivity index (χ2v) is 12.9. The highest BCUT2D eigenvalue weighted by Gasteiger charge is 2.28. The van der Waals surface area contributed by atoms with Crippen LogP contribution in [0.4, 0.5) is 10.5 Å². The summed E-state index contributed by atoms with van der Waals surface area (Å²) < 4.78 is 17.7. The molecule has 0 saturated heterocycles. The van der Waals surface area contributed by atoms with E-state index in [1.165, 1.54) is 0 Å². The Kier molecular flexibility index (Phi) is 10.5. The lowest BCUT2D eigenvalue weighted by atomic mass is 9.85. The molecule has 4 aromatic rings. The van der Waals surface area contributed by atoms with Crippen molar-refractivity contribution in [3.63, 3.8) is 0 Å². The molecule has 2 heterocycles. The lowest BCUT2D eigenvalue weighted by molar-refractivity contribution is 0.0473. The number of hydrogen-bond acceptors (Lipinski definition) is 8. The van der Waals surface area contributed by atoms with Crippen molar-refractivity contribution in [1.82, 2.24) is 14.8 Å². The minimum Gasteiger partial charge on any atom is -0.496 e. The van der Waals surface area contributed by atoms with Gasteiger partial charge in [-0.15, -0.1) is 0 Å². The second-order valence-electron chi connectivity index (χ2n) is 12.9. The van der Waals surface area contributed by atoms with Crippen molar-refractivity contribution >= 4 is 23.3 Å². The number of esters is 1. The fourth-order valence-corrected chi connectivity index (χ4v) is 5.90. The summed E-state index contributed by atoms with van der Waals surface area (Å²) in [5.41, 5.74) is 7.71. The number of aryl methyl sites for hydroxylation is 1. The molecule has 1 aliphatic rings. The summed E-state index contributed by atoms with van der Waals surface area (Å²) >= 11 is 0. The van der Waals surface area contributed by atoms with Crippen LogP contribution < -0.4 is 14.8 Å². The lowest BCUT2D eigenvalue weighted by Gasteiger charge is -2.33. The molecule has 250 valence electrons. The molecule has 0 unspecified atom stereocenters. The summed E-state index contributed by atoms with van der Waals surface area (Å²) in [7, 11) is 5.51. The molecule has 0 aliphatic carbocycles. The Morgan fingerprint density at radius 3 is 2.38 bits per heavy atom. The first-order valence-corrected chi connectivity index (χ1v) is 16.0. The molecular weight excluding hydrogens is 604 g/mol. The predicted molar refractivity (Wildman–Crippen MR) is 189 cm³/mol. The number of ether oxygens (including phenoxy) is 3. The lowest BCUT2D eigenvalue weighted by Crippen LogP contribution is -2.38. The maximum atomic E-state index is 13.4. The number of amides is 1. The highest BCUT2D eigenvalue weighted by Crippen LogP contribution is 2.43. The van der Waals surface area contributed by atoms with Crippen LogP contribution in [0.1, 0.15) is 53.4 Å². The van der Waals surface area contributed by atoms with Crippen LogP contribution in [0.5, 0.6) is 11.5 Å². The first-order chi connectivity index (χ1) is 22.9. The normalized spacial score (nSPS) is 13.2. The molecular formula is C39H44N4O5. The van der Waals surface area contributed by atoms with Gasteiger partial charge in [-0.2, -0.15) is 0 Å². The summed E-state index contributed by atoms with van der Waals surface area (Å²) in [5, 5.41) is 3.60. The number of anilines is 1. The molecule has 0 bridgehead atoms. The Morgan fingerprint density at radius 1 is 0.938 bits per heavy atom. The average molecular weight is 649 g/mol. The van der Waals surface area contributed by atoms with E-state index in [4.69, 9.17) is 14.2 Å². The number of aromatic nitrogens is 1. The van der Waals surface area contributed by atoms with E-state index >= 15 is 0 Å².